The SMILES string of the molecule is CCCN1CCCC[C@H]1C(=O)Nc1c(C)ccc(O)c1C. The fourth-order valence-corrected chi connectivity index (χ4v) is 3.08. The number of likely N-dealkylation sites (tertiary alicyclic amines) is 1. The van der Waals surface area contributed by atoms with Crippen molar-refractivity contribution in [2.45, 2.75) is 52.5 Å². The molecule has 1 aliphatic heterocycles. The van der Waals surface area contributed by atoms with E-state index >= 15 is 0 Å². The van der Waals surface area contributed by atoms with Crippen LogP contribution in [0.5, 0.6) is 5.75 Å². The number of rotatable bonds is 4. The molecule has 0 saturated carbocycles. The maximum absolute atomic E-state index is 12.6. The highest BCUT2D eigenvalue weighted by atomic mass is 16.3. The first-order valence-corrected chi connectivity index (χ1v) is 7.88. The Kier molecular flexibility index (Phi) is 5.23. The molecule has 0 spiro atoms. The monoisotopic (exact) mass is 290 g/mol. The van der Waals surface area contributed by atoms with Gasteiger partial charge in [0, 0.05) is 5.56 Å². The van der Waals surface area contributed by atoms with Gasteiger partial charge in [-0.15, -0.1) is 0 Å². The van der Waals surface area contributed by atoms with Crippen molar-refractivity contribution < 1.29 is 9.90 Å². The van der Waals surface area contributed by atoms with Crippen LogP contribution in [0.25, 0.3) is 0 Å². The first-order valence-electron chi connectivity index (χ1n) is 7.88. The molecule has 1 aromatic carbocycles. The Hall–Kier alpha value is -1.55. The Morgan fingerprint density at radius 2 is 2.14 bits per heavy atom. The summed E-state index contributed by atoms with van der Waals surface area (Å²) in [7, 11) is 0. The van der Waals surface area contributed by atoms with Gasteiger partial charge in [-0.3, -0.25) is 9.69 Å². The average Bonchev–Trinajstić information content (AvgIpc) is 2.48. The van der Waals surface area contributed by atoms with Crippen molar-refractivity contribution in [1.29, 1.82) is 0 Å². The molecule has 1 heterocycles. The van der Waals surface area contributed by atoms with Gasteiger partial charge in [0.15, 0.2) is 0 Å². The van der Waals surface area contributed by atoms with E-state index in [2.05, 4.69) is 17.1 Å². The molecule has 2 N–H and O–H groups in total. The minimum atomic E-state index is -0.0418. The van der Waals surface area contributed by atoms with Crippen LogP contribution in [0.4, 0.5) is 5.69 Å². The minimum absolute atomic E-state index is 0.0418. The van der Waals surface area contributed by atoms with Crippen LogP contribution < -0.4 is 5.32 Å². The minimum Gasteiger partial charge on any atom is -0.508 e. The van der Waals surface area contributed by atoms with E-state index in [9.17, 15) is 9.90 Å². The predicted molar refractivity (Wildman–Crippen MR) is 85.7 cm³/mol. The van der Waals surface area contributed by atoms with Gasteiger partial charge in [-0.05, 0) is 57.8 Å². The number of nitrogens with one attached hydrogen (secondary N) is 1. The first kappa shape index (κ1) is 15.8. The third-order valence-corrected chi connectivity index (χ3v) is 4.32. The van der Waals surface area contributed by atoms with Crippen LogP contribution in [-0.2, 0) is 4.79 Å². The summed E-state index contributed by atoms with van der Waals surface area (Å²) < 4.78 is 0. The van der Waals surface area contributed by atoms with Crippen LogP contribution in [0, 0.1) is 13.8 Å². The normalized spacial score (nSPS) is 19.5. The van der Waals surface area contributed by atoms with Crippen LogP contribution in [-0.4, -0.2) is 35.0 Å². The second-order valence-electron chi connectivity index (χ2n) is 5.94. The number of anilines is 1. The van der Waals surface area contributed by atoms with Crippen molar-refractivity contribution in [1.82, 2.24) is 4.90 Å². The number of hydrogen-bond acceptors (Lipinski definition) is 3. The number of hydrogen-bond donors (Lipinski definition) is 2. The molecule has 1 aromatic rings. The fourth-order valence-electron chi connectivity index (χ4n) is 3.08. The highest BCUT2D eigenvalue weighted by Crippen LogP contribution is 2.29. The Morgan fingerprint density at radius 1 is 1.38 bits per heavy atom. The lowest BCUT2D eigenvalue weighted by molar-refractivity contribution is -0.122. The molecule has 4 nitrogen and oxygen atoms in total. The highest BCUT2D eigenvalue weighted by molar-refractivity contribution is 5.96. The van der Waals surface area contributed by atoms with Crippen molar-refractivity contribution in [2.24, 2.45) is 0 Å². The summed E-state index contributed by atoms with van der Waals surface area (Å²) in [4.78, 5) is 14.9. The summed E-state index contributed by atoms with van der Waals surface area (Å²) in [6, 6.07) is 3.47. The number of phenols is 1. The average molecular weight is 290 g/mol. The third-order valence-electron chi connectivity index (χ3n) is 4.32. The number of phenolic OH excluding ortho intramolecular Hbond substituents is 1. The molecule has 1 fully saturated rings. The number of nitrogens with zero attached hydrogens (tertiary/aromatic N) is 1. The lowest BCUT2D eigenvalue weighted by Gasteiger charge is -2.34. The summed E-state index contributed by atoms with van der Waals surface area (Å²) in [5.74, 6) is 0.282. The van der Waals surface area contributed by atoms with E-state index in [1.165, 1.54) is 6.42 Å². The number of aromatic hydroxyl groups is 1. The van der Waals surface area contributed by atoms with Crippen LogP contribution in [0.1, 0.15) is 43.7 Å². The van der Waals surface area contributed by atoms with Crippen molar-refractivity contribution >= 4 is 11.6 Å². The zero-order chi connectivity index (χ0) is 15.4. The molecule has 21 heavy (non-hydrogen) atoms. The van der Waals surface area contributed by atoms with Gasteiger partial charge in [-0.2, -0.15) is 0 Å². The topological polar surface area (TPSA) is 52.6 Å². The lowest BCUT2D eigenvalue weighted by atomic mass is 10.0. The van der Waals surface area contributed by atoms with Gasteiger partial charge < -0.3 is 10.4 Å². The second-order valence-corrected chi connectivity index (χ2v) is 5.94. The molecule has 1 aliphatic rings. The molecule has 0 radical (unpaired) electrons. The summed E-state index contributed by atoms with van der Waals surface area (Å²) in [6.07, 6.45) is 4.26. The van der Waals surface area contributed by atoms with Gasteiger partial charge in [0.25, 0.3) is 0 Å². The maximum Gasteiger partial charge on any atom is 0.241 e. The van der Waals surface area contributed by atoms with Gasteiger partial charge in [-0.25, -0.2) is 0 Å². The zero-order valence-electron chi connectivity index (χ0n) is 13.3. The van der Waals surface area contributed by atoms with Gasteiger partial charge in [0.05, 0.1) is 11.7 Å². The van der Waals surface area contributed by atoms with Gasteiger partial charge in [-0.1, -0.05) is 19.4 Å². The van der Waals surface area contributed by atoms with Crippen molar-refractivity contribution in [3.05, 3.63) is 23.3 Å². The van der Waals surface area contributed by atoms with Gasteiger partial charge >= 0.3 is 0 Å². The zero-order valence-corrected chi connectivity index (χ0v) is 13.3. The molecular formula is C17H26N2O2. The van der Waals surface area contributed by atoms with Gasteiger partial charge in [0.2, 0.25) is 5.91 Å². The van der Waals surface area contributed by atoms with E-state index in [1.54, 1.807) is 6.07 Å². The number of aryl methyl sites for hydroxylation is 1. The number of carbonyl (C=O) groups is 1. The predicted octanol–water partition coefficient (Wildman–Crippen LogP) is 3.21. The molecule has 0 aliphatic carbocycles. The standard InChI is InChI=1S/C17H26N2O2/c1-4-10-19-11-6-5-7-14(19)17(21)18-16-12(2)8-9-15(20)13(16)3/h8-9,14,20H,4-7,10-11H2,1-3H3,(H,18,21)/t14-/m0/s1. The van der Waals surface area contributed by atoms with Crippen LogP contribution >= 0.6 is 0 Å². The Bertz CT molecular complexity index is 512. The largest absolute Gasteiger partial charge is 0.508 e. The van der Waals surface area contributed by atoms with Crippen LogP contribution in [0.15, 0.2) is 12.1 Å². The summed E-state index contributed by atoms with van der Waals surface area (Å²) in [5, 5.41) is 12.9. The van der Waals surface area contributed by atoms with E-state index in [4.69, 9.17) is 0 Å². The third kappa shape index (κ3) is 3.56. The molecule has 1 atom stereocenters. The maximum atomic E-state index is 12.6. The molecular weight excluding hydrogens is 264 g/mol. The molecule has 1 amide bonds. The number of benzene rings is 1. The van der Waals surface area contributed by atoms with Crippen molar-refractivity contribution in [3.8, 4) is 5.75 Å². The molecule has 4 heteroatoms. The lowest BCUT2D eigenvalue weighted by Crippen LogP contribution is -2.47. The summed E-state index contributed by atoms with van der Waals surface area (Å²) in [5.41, 5.74) is 2.47. The molecule has 2 rings (SSSR count). The number of amides is 1. The second kappa shape index (κ2) is 6.94. The van der Waals surface area contributed by atoms with E-state index < -0.39 is 0 Å². The van der Waals surface area contributed by atoms with E-state index in [0.717, 1.165) is 49.2 Å². The van der Waals surface area contributed by atoms with Crippen molar-refractivity contribution in [3.63, 3.8) is 0 Å². The molecule has 116 valence electrons. The Labute approximate surface area is 127 Å². The van der Waals surface area contributed by atoms with E-state index in [0.29, 0.717) is 0 Å². The van der Waals surface area contributed by atoms with E-state index in [-0.39, 0.29) is 17.7 Å². The fraction of sp³-hybridized carbons (Fsp3) is 0.588. The molecule has 0 bridgehead atoms. The smallest absolute Gasteiger partial charge is 0.241 e. The summed E-state index contributed by atoms with van der Waals surface area (Å²) in [6.45, 7) is 7.91. The highest BCUT2D eigenvalue weighted by Gasteiger charge is 2.28. The Balaban J connectivity index is 2.15. The van der Waals surface area contributed by atoms with Crippen LogP contribution in [0.3, 0.4) is 0 Å². The molecule has 1 saturated heterocycles. The molecule has 0 aromatic heterocycles. The number of carbonyl (C=O) groups excluding carboxylic acids is 1. The van der Waals surface area contributed by atoms with Crippen LogP contribution in [0.2, 0.25) is 0 Å². The quantitative estimate of drug-likeness (QED) is 0.895. The molecule has 0 unspecified atom stereocenters. The van der Waals surface area contributed by atoms with Crippen molar-refractivity contribution in [2.75, 3.05) is 18.4 Å². The first-order chi connectivity index (χ1) is 10.0. The number of piperidine rings is 1. The van der Waals surface area contributed by atoms with Gasteiger partial charge in [0.1, 0.15) is 5.75 Å². The Morgan fingerprint density at radius 3 is 2.86 bits per heavy atom. The van der Waals surface area contributed by atoms with E-state index in [1.807, 2.05) is 19.9 Å². The summed E-state index contributed by atoms with van der Waals surface area (Å²) >= 11 is 0.